The maximum Gasteiger partial charge on any atom is 0.248 e. The second-order valence-corrected chi connectivity index (χ2v) is 8.16. The van der Waals surface area contributed by atoms with Crippen molar-refractivity contribution in [1.29, 1.82) is 0 Å². The van der Waals surface area contributed by atoms with Crippen LogP contribution in [0.25, 0.3) is 10.9 Å². The van der Waals surface area contributed by atoms with Crippen LogP contribution >= 0.6 is 0 Å². The quantitative estimate of drug-likeness (QED) is 0.675. The van der Waals surface area contributed by atoms with Crippen molar-refractivity contribution in [3.05, 3.63) is 48.3 Å². The van der Waals surface area contributed by atoms with Gasteiger partial charge in [0.2, 0.25) is 11.8 Å². The van der Waals surface area contributed by atoms with Crippen LogP contribution in [0.1, 0.15) is 44.2 Å². The number of carbonyl (C=O) groups excluding carboxylic acids is 2. The molecular weight excluding hydrogens is 366 g/mol. The molecule has 2 aromatic heterocycles. The number of benzene rings is 1. The standard InChI is InChI=1S/C22H25N5O2/c1-14(15-6-7-15)27-20(10-11-24-27)25-22(29)19-8-9-21(28)26(19)13-16-12-23-18-5-3-2-4-17(16)18/h2-5,10-12,14-15,19,23H,6-9,13H2,1H3,(H,25,29). The number of hydrogen-bond acceptors (Lipinski definition) is 3. The summed E-state index contributed by atoms with van der Waals surface area (Å²) in [7, 11) is 0. The van der Waals surface area contributed by atoms with E-state index in [1.807, 2.05) is 41.2 Å². The molecule has 1 saturated heterocycles. The molecule has 1 aliphatic heterocycles. The maximum absolute atomic E-state index is 13.1. The van der Waals surface area contributed by atoms with Crippen LogP contribution in [0.4, 0.5) is 5.82 Å². The zero-order chi connectivity index (χ0) is 20.0. The van der Waals surface area contributed by atoms with Crippen molar-refractivity contribution in [3.63, 3.8) is 0 Å². The number of fused-ring (bicyclic) bond motifs is 1. The second-order valence-electron chi connectivity index (χ2n) is 8.16. The molecule has 0 spiro atoms. The Hall–Kier alpha value is -3.09. The Balaban J connectivity index is 1.34. The summed E-state index contributed by atoms with van der Waals surface area (Å²) in [6, 6.07) is 9.65. The molecule has 7 heteroatoms. The van der Waals surface area contributed by atoms with E-state index in [1.165, 1.54) is 12.8 Å². The summed E-state index contributed by atoms with van der Waals surface area (Å²) in [5.41, 5.74) is 2.06. The molecule has 2 aliphatic rings. The zero-order valence-electron chi connectivity index (χ0n) is 16.5. The van der Waals surface area contributed by atoms with Gasteiger partial charge >= 0.3 is 0 Å². The molecule has 29 heavy (non-hydrogen) atoms. The largest absolute Gasteiger partial charge is 0.361 e. The smallest absolute Gasteiger partial charge is 0.248 e. The fraction of sp³-hybridized carbons (Fsp3) is 0.409. The molecule has 150 valence electrons. The number of H-pyrrole nitrogens is 1. The van der Waals surface area contributed by atoms with Gasteiger partial charge in [-0.25, -0.2) is 4.68 Å². The van der Waals surface area contributed by atoms with Crippen molar-refractivity contribution in [2.24, 2.45) is 5.92 Å². The van der Waals surface area contributed by atoms with Crippen molar-refractivity contribution < 1.29 is 9.59 Å². The Morgan fingerprint density at radius 3 is 2.93 bits per heavy atom. The molecule has 1 aliphatic carbocycles. The van der Waals surface area contributed by atoms with E-state index >= 15 is 0 Å². The summed E-state index contributed by atoms with van der Waals surface area (Å²) in [4.78, 5) is 30.6. The molecule has 7 nitrogen and oxygen atoms in total. The van der Waals surface area contributed by atoms with E-state index in [1.54, 1.807) is 11.1 Å². The van der Waals surface area contributed by atoms with Gasteiger partial charge in [-0.2, -0.15) is 5.10 Å². The highest BCUT2D eigenvalue weighted by Crippen LogP contribution is 2.40. The fourth-order valence-electron chi connectivity index (χ4n) is 4.38. The minimum absolute atomic E-state index is 0.0234. The third-order valence-corrected chi connectivity index (χ3v) is 6.26. The lowest BCUT2D eigenvalue weighted by Gasteiger charge is -2.24. The normalized spacial score (nSPS) is 20.4. The van der Waals surface area contributed by atoms with Crippen LogP contribution in [0.15, 0.2) is 42.7 Å². The lowest BCUT2D eigenvalue weighted by molar-refractivity contribution is -0.133. The highest BCUT2D eigenvalue weighted by molar-refractivity contribution is 5.98. The average Bonchev–Trinajstić information content (AvgIpc) is 3.18. The minimum Gasteiger partial charge on any atom is -0.361 e. The molecule has 3 aromatic rings. The van der Waals surface area contributed by atoms with E-state index in [-0.39, 0.29) is 17.9 Å². The molecule has 0 bridgehead atoms. The van der Waals surface area contributed by atoms with E-state index < -0.39 is 6.04 Å². The summed E-state index contributed by atoms with van der Waals surface area (Å²) in [6.45, 7) is 2.57. The van der Waals surface area contributed by atoms with Crippen LogP contribution in [0, 0.1) is 5.92 Å². The summed E-state index contributed by atoms with van der Waals surface area (Å²) >= 11 is 0. The van der Waals surface area contributed by atoms with Gasteiger partial charge in [-0.15, -0.1) is 0 Å². The number of aromatic amines is 1. The first-order valence-electron chi connectivity index (χ1n) is 10.3. The van der Waals surface area contributed by atoms with Gasteiger partial charge in [0.25, 0.3) is 0 Å². The lowest BCUT2D eigenvalue weighted by atomic mass is 10.1. The monoisotopic (exact) mass is 391 g/mol. The molecule has 2 unspecified atom stereocenters. The second kappa shape index (κ2) is 7.06. The van der Waals surface area contributed by atoms with E-state index in [0.29, 0.717) is 31.1 Å². The van der Waals surface area contributed by atoms with Crippen LogP contribution in [0.3, 0.4) is 0 Å². The number of anilines is 1. The topological polar surface area (TPSA) is 83.0 Å². The number of nitrogens with zero attached hydrogens (tertiary/aromatic N) is 3. The first-order chi connectivity index (χ1) is 14.1. The summed E-state index contributed by atoms with van der Waals surface area (Å²) in [6.07, 6.45) is 7.01. The molecule has 1 saturated carbocycles. The summed E-state index contributed by atoms with van der Waals surface area (Å²) < 4.78 is 1.90. The van der Waals surface area contributed by atoms with Gasteiger partial charge in [-0.1, -0.05) is 18.2 Å². The fourth-order valence-corrected chi connectivity index (χ4v) is 4.38. The molecule has 1 aromatic carbocycles. The van der Waals surface area contributed by atoms with Crippen LogP contribution in [0.5, 0.6) is 0 Å². The van der Waals surface area contributed by atoms with E-state index in [2.05, 4.69) is 22.3 Å². The first kappa shape index (κ1) is 18.0. The zero-order valence-corrected chi connectivity index (χ0v) is 16.5. The van der Waals surface area contributed by atoms with E-state index in [9.17, 15) is 9.59 Å². The Kier molecular flexibility index (Phi) is 4.38. The number of aromatic nitrogens is 3. The van der Waals surface area contributed by atoms with Gasteiger partial charge in [0.05, 0.1) is 12.2 Å². The lowest BCUT2D eigenvalue weighted by Crippen LogP contribution is -2.41. The van der Waals surface area contributed by atoms with Crippen LogP contribution in [0.2, 0.25) is 0 Å². The number of amides is 2. The van der Waals surface area contributed by atoms with Crippen molar-refractivity contribution in [3.8, 4) is 0 Å². The number of para-hydroxylation sites is 1. The Labute approximate surface area is 169 Å². The van der Waals surface area contributed by atoms with E-state index in [4.69, 9.17) is 0 Å². The predicted octanol–water partition coefficient (Wildman–Crippen LogP) is 3.47. The Bertz CT molecular complexity index is 1060. The van der Waals surface area contributed by atoms with Crippen molar-refractivity contribution >= 4 is 28.5 Å². The van der Waals surface area contributed by atoms with Gasteiger partial charge in [-0.3, -0.25) is 9.59 Å². The number of nitrogens with one attached hydrogen (secondary N) is 2. The molecule has 0 radical (unpaired) electrons. The number of rotatable bonds is 6. The Morgan fingerprint density at radius 1 is 1.28 bits per heavy atom. The third-order valence-electron chi connectivity index (χ3n) is 6.26. The van der Waals surface area contributed by atoms with Gasteiger partial charge in [0.15, 0.2) is 0 Å². The molecule has 2 atom stereocenters. The molecular formula is C22H25N5O2. The predicted molar refractivity (Wildman–Crippen MR) is 110 cm³/mol. The number of hydrogen-bond donors (Lipinski definition) is 2. The van der Waals surface area contributed by atoms with Crippen LogP contribution in [-0.4, -0.2) is 37.5 Å². The van der Waals surface area contributed by atoms with Crippen molar-refractivity contribution in [1.82, 2.24) is 19.7 Å². The molecule has 5 rings (SSSR count). The summed E-state index contributed by atoms with van der Waals surface area (Å²) in [5.74, 6) is 1.23. The SMILES string of the molecule is CC(C1CC1)n1nccc1NC(=O)C1CCC(=O)N1Cc1c[nH]c2ccccc12. The molecule has 2 fully saturated rings. The van der Waals surface area contributed by atoms with Crippen LogP contribution < -0.4 is 5.32 Å². The van der Waals surface area contributed by atoms with E-state index in [0.717, 1.165) is 16.5 Å². The molecule has 2 amide bonds. The number of likely N-dealkylation sites (tertiary alicyclic amines) is 1. The summed E-state index contributed by atoms with van der Waals surface area (Å²) in [5, 5.41) is 8.51. The number of carbonyl (C=O) groups is 2. The molecule has 3 heterocycles. The van der Waals surface area contributed by atoms with Crippen molar-refractivity contribution in [2.75, 3.05) is 5.32 Å². The van der Waals surface area contributed by atoms with Gasteiger partial charge in [-0.05, 0) is 43.7 Å². The first-order valence-corrected chi connectivity index (χ1v) is 10.3. The minimum atomic E-state index is -0.462. The van der Waals surface area contributed by atoms with Gasteiger partial charge in [0.1, 0.15) is 11.9 Å². The van der Waals surface area contributed by atoms with Crippen molar-refractivity contribution in [2.45, 2.75) is 51.2 Å². The Morgan fingerprint density at radius 2 is 2.10 bits per heavy atom. The third kappa shape index (κ3) is 3.30. The van der Waals surface area contributed by atoms with Gasteiger partial charge < -0.3 is 15.2 Å². The highest BCUT2D eigenvalue weighted by Gasteiger charge is 2.37. The molecule has 2 N–H and O–H groups in total. The van der Waals surface area contributed by atoms with Crippen LogP contribution in [-0.2, 0) is 16.1 Å². The van der Waals surface area contributed by atoms with Gasteiger partial charge in [0, 0.05) is 36.1 Å². The maximum atomic E-state index is 13.1. The highest BCUT2D eigenvalue weighted by atomic mass is 16.2. The average molecular weight is 391 g/mol.